The van der Waals surface area contributed by atoms with Gasteiger partial charge in [-0.05, 0) is 23.8 Å². The molecular formula is C23H24ClN5O6S. The number of anilines is 1. The highest BCUT2D eigenvalue weighted by Gasteiger charge is 2.37. The number of fused-ring (bicyclic) bond motifs is 1. The molecule has 3 N–H and O–H groups in total. The molecule has 1 aromatic carbocycles. The number of thiophene rings is 1. The van der Waals surface area contributed by atoms with Crippen molar-refractivity contribution in [2.24, 2.45) is 0 Å². The first-order valence-electron chi connectivity index (χ1n) is 11.0. The molecule has 0 unspecified atom stereocenters. The predicted octanol–water partition coefficient (Wildman–Crippen LogP) is 1.82. The summed E-state index contributed by atoms with van der Waals surface area (Å²) in [4.78, 5) is 48.7. The fourth-order valence-corrected chi connectivity index (χ4v) is 5.15. The summed E-state index contributed by atoms with van der Waals surface area (Å²) in [7, 11) is 1.46. The van der Waals surface area contributed by atoms with Crippen LogP contribution in [0.2, 0.25) is 4.34 Å². The van der Waals surface area contributed by atoms with Gasteiger partial charge in [0.15, 0.2) is 11.7 Å². The van der Waals surface area contributed by atoms with Crippen molar-refractivity contribution in [2.75, 3.05) is 39.1 Å². The van der Waals surface area contributed by atoms with Gasteiger partial charge in [-0.2, -0.15) is 0 Å². The monoisotopic (exact) mass is 533 g/mol. The van der Waals surface area contributed by atoms with Gasteiger partial charge in [0.25, 0.3) is 5.91 Å². The van der Waals surface area contributed by atoms with Crippen LogP contribution in [-0.4, -0.2) is 82.1 Å². The van der Waals surface area contributed by atoms with Crippen LogP contribution >= 0.6 is 22.9 Å². The first kappa shape index (κ1) is 25.6. The number of ether oxygens (including phenoxy) is 2. The van der Waals surface area contributed by atoms with Gasteiger partial charge in [-0.15, -0.1) is 0 Å². The van der Waals surface area contributed by atoms with Crippen LogP contribution in [0.15, 0.2) is 30.6 Å². The SMILES string of the molecule is COC[C@H]1C(=O)N(Cc2ccc3c(N)ncnc3c2)CCN1C(=O)COc1sc(Cl)cc1CC(=O)O. The molecule has 1 aliphatic rings. The van der Waals surface area contributed by atoms with Crippen LogP contribution in [0.4, 0.5) is 5.82 Å². The summed E-state index contributed by atoms with van der Waals surface area (Å²) in [6.45, 7) is 0.617. The molecule has 2 aromatic heterocycles. The standard InChI is InChI=1S/C23H24ClN5O6S/c1-34-10-17-22(33)28(9-13-2-3-15-16(6-13)26-12-27-21(15)25)4-5-29(17)19(30)11-35-23-14(8-20(31)32)7-18(24)36-23/h2-3,6-7,12,17H,4-5,8-11H2,1H3,(H,31,32)(H2,25,26,27)/t17-/m0/s1. The number of nitrogens with two attached hydrogens (primary N) is 1. The van der Waals surface area contributed by atoms with E-state index in [1.165, 1.54) is 24.4 Å². The highest BCUT2D eigenvalue weighted by Crippen LogP contribution is 2.34. The zero-order valence-electron chi connectivity index (χ0n) is 19.3. The van der Waals surface area contributed by atoms with Crippen molar-refractivity contribution in [3.8, 4) is 5.06 Å². The van der Waals surface area contributed by atoms with Gasteiger partial charge in [0.1, 0.15) is 18.2 Å². The number of aliphatic carboxylic acids is 1. The Labute approximate surface area is 215 Å². The fourth-order valence-electron chi connectivity index (χ4n) is 4.05. The average molecular weight is 534 g/mol. The lowest BCUT2D eigenvalue weighted by Gasteiger charge is -2.40. The number of methoxy groups -OCH3 is 1. The number of benzene rings is 1. The lowest BCUT2D eigenvalue weighted by atomic mass is 10.1. The summed E-state index contributed by atoms with van der Waals surface area (Å²) < 4.78 is 11.2. The molecule has 190 valence electrons. The molecule has 0 aliphatic carbocycles. The van der Waals surface area contributed by atoms with E-state index in [9.17, 15) is 14.4 Å². The van der Waals surface area contributed by atoms with E-state index in [1.807, 2.05) is 18.2 Å². The summed E-state index contributed by atoms with van der Waals surface area (Å²) in [5.41, 5.74) is 7.83. The van der Waals surface area contributed by atoms with E-state index >= 15 is 0 Å². The Kier molecular flexibility index (Phi) is 7.87. The lowest BCUT2D eigenvalue weighted by molar-refractivity contribution is -0.155. The van der Waals surface area contributed by atoms with Gasteiger partial charge in [0.2, 0.25) is 5.91 Å². The number of carboxylic acids is 1. The first-order chi connectivity index (χ1) is 17.3. The van der Waals surface area contributed by atoms with E-state index in [0.29, 0.717) is 34.3 Å². The number of nitrogens with zero attached hydrogens (tertiary/aromatic N) is 4. The zero-order chi connectivity index (χ0) is 25.8. The second-order valence-electron chi connectivity index (χ2n) is 8.15. The van der Waals surface area contributed by atoms with Crippen molar-refractivity contribution in [1.29, 1.82) is 0 Å². The quantitative estimate of drug-likeness (QED) is 0.420. The van der Waals surface area contributed by atoms with Crippen LogP contribution in [0.3, 0.4) is 0 Å². The van der Waals surface area contributed by atoms with E-state index in [0.717, 1.165) is 22.3 Å². The van der Waals surface area contributed by atoms with Crippen molar-refractivity contribution >= 4 is 57.4 Å². The van der Waals surface area contributed by atoms with Crippen LogP contribution in [-0.2, 0) is 32.1 Å². The maximum absolute atomic E-state index is 13.3. The number of halogens is 1. The van der Waals surface area contributed by atoms with Crippen molar-refractivity contribution in [3.63, 3.8) is 0 Å². The molecule has 1 aliphatic heterocycles. The predicted molar refractivity (Wildman–Crippen MR) is 133 cm³/mol. The van der Waals surface area contributed by atoms with Gasteiger partial charge >= 0.3 is 5.97 Å². The molecule has 1 fully saturated rings. The summed E-state index contributed by atoms with van der Waals surface area (Å²) in [5, 5.41) is 10.1. The van der Waals surface area contributed by atoms with Crippen molar-refractivity contribution in [3.05, 3.63) is 46.1 Å². The summed E-state index contributed by atoms with van der Waals surface area (Å²) in [6, 6.07) is 6.24. The number of hydrogen-bond donors (Lipinski definition) is 2. The molecule has 36 heavy (non-hydrogen) atoms. The Bertz CT molecular complexity index is 1300. The maximum Gasteiger partial charge on any atom is 0.307 e. The number of carbonyl (C=O) groups is 3. The van der Waals surface area contributed by atoms with E-state index in [-0.39, 0.29) is 37.1 Å². The molecule has 11 nitrogen and oxygen atoms in total. The van der Waals surface area contributed by atoms with Gasteiger partial charge < -0.3 is 30.1 Å². The smallest absolute Gasteiger partial charge is 0.307 e. The number of carboxylic acid groups (broad SMARTS) is 1. The van der Waals surface area contributed by atoms with Gasteiger partial charge in [0, 0.05) is 37.7 Å². The fraction of sp³-hybridized carbons (Fsp3) is 0.348. The third-order valence-electron chi connectivity index (χ3n) is 5.74. The minimum absolute atomic E-state index is 0.0254. The second-order valence-corrected chi connectivity index (χ2v) is 9.80. The Morgan fingerprint density at radius 1 is 1.28 bits per heavy atom. The molecule has 0 saturated carbocycles. The van der Waals surface area contributed by atoms with Gasteiger partial charge in [-0.25, -0.2) is 9.97 Å². The zero-order valence-corrected chi connectivity index (χ0v) is 20.9. The largest absolute Gasteiger partial charge is 0.481 e. The van der Waals surface area contributed by atoms with Crippen LogP contribution in [0, 0.1) is 0 Å². The maximum atomic E-state index is 13.3. The number of rotatable bonds is 9. The summed E-state index contributed by atoms with van der Waals surface area (Å²) in [6.07, 6.45) is 1.12. The topological polar surface area (TPSA) is 148 Å². The van der Waals surface area contributed by atoms with Crippen LogP contribution < -0.4 is 10.5 Å². The van der Waals surface area contributed by atoms with E-state index in [4.69, 9.17) is 31.9 Å². The number of amides is 2. The lowest BCUT2D eigenvalue weighted by Crippen LogP contribution is -2.60. The number of nitrogen functional groups attached to an aromatic ring is 1. The minimum atomic E-state index is -1.04. The van der Waals surface area contributed by atoms with Crippen molar-refractivity contribution < 1.29 is 29.0 Å². The van der Waals surface area contributed by atoms with Crippen LogP contribution in [0.1, 0.15) is 11.1 Å². The Balaban J connectivity index is 1.43. The van der Waals surface area contributed by atoms with E-state index in [2.05, 4.69) is 9.97 Å². The summed E-state index contributed by atoms with van der Waals surface area (Å²) >= 11 is 7.04. The van der Waals surface area contributed by atoms with Crippen molar-refractivity contribution in [2.45, 2.75) is 19.0 Å². The number of hydrogen-bond acceptors (Lipinski definition) is 9. The highest BCUT2D eigenvalue weighted by atomic mass is 35.5. The van der Waals surface area contributed by atoms with Crippen molar-refractivity contribution in [1.82, 2.24) is 19.8 Å². The number of carbonyl (C=O) groups excluding carboxylic acids is 2. The van der Waals surface area contributed by atoms with Gasteiger partial charge in [-0.3, -0.25) is 14.4 Å². The number of aromatic nitrogens is 2. The van der Waals surface area contributed by atoms with Gasteiger partial charge in [-0.1, -0.05) is 29.0 Å². The van der Waals surface area contributed by atoms with Crippen LogP contribution in [0.5, 0.6) is 5.06 Å². The third kappa shape index (κ3) is 5.66. The molecule has 3 aromatic rings. The Morgan fingerprint density at radius 3 is 2.83 bits per heavy atom. The second kappa shape index (κ2) is 11.1. The molecule has 0 bridgehead atoms. The summed E-state index contributed by atoms with van der Waals surface area (Å²) in [5.74, 6) is -1.31. The molecule has 0 radical (unpaired) electrons. The Hall–Kier alpha value is -3.48. The molecular weight excluding hydrogens is 510 g/mol. The molecule has 13 heteroatoms. The van der Waals surface area contributed by atoms with E-state index < -0.39 is 17.9 Å². The minimum Gasteiger partial charge on any atom is -0.481 e. The first-order valence-corrected chi connectivity index (χ1v) is 12.2. The molecule has 1 atom stereocenters. The highest BCUT2D eigenvalue weighted by molar-refractivity contribution is 7.18. The number of piperazine rings is 1. The normalized spacial score (nSPS) is 15.9. The van der Waals surface area contributed by atoms with E-state index in [1.54, 1.807) is 4.90 Å². The average Bonchev–Trinajstić information content (AvgIpc) is 3.18. The van der Waals surface area contributed by atoms with Crippen LogP contribution in [0.25, 0.3) is 10.9 Å². The molecule has 2 amide bonds. The Morgan fingerprint density at radius 2 is 2.08 bits per heavy atom. The van der Waals surface area contributed by atoms with Gasteiger partial charge in [0.05, 0.1) is 22.9 Å². The third-order valence-corrected chi connectivity index (χ3v) is 6.96. The molecule has 4 rings (SSSR count). The molecule has 0 spiro atoms. The molecule has 1 saturated heterocycles. The molecule has 3 heterocycles.